The lowest BCUT2D eigenvalue weighted by molar-refractivity contribution is 0.0510. The first kappa shape index (κ1) is 22.7. The molecule has 2 heterocycles. The smallest absolute Gasteiger partial charge is 0.435 e. The molecule has 0 aliphatic rings. The molecule has 0 spiro atoms. The molecule has 0 saturated heterocycles. The maximum Gasteiger partial charge on any atom is 0.435 e. The van der Waals surface area contributed by atoms with Gasteiger partial charge in [-0.1, -0.05) is 18.2 Å². The van der Waals surface area contributed by atoms with Gasteiger partial charge < -0.3 is 4.74 Å². The van der Waals surface area contributed by atoms with E-state index < -0.39 is 27.5 Å². The number of benzene rings is 2. The Hall–Kier alpha value is -3.46. The van der Waals surface area contributed by atoms with Crippen LogP contribution in [0, 0.1) is 19.7 Å². The molecule has 0 aliphatic carbocycles. The molecule has 0 fully saturated rings. The van der Waals surface area contributed by atoms with Crippen LogP contribution in [0.3, 0.4) is 0 Å². The van der Waals surface area contributed by atoms with Crippen molar-refractivity contribution in [3.05, 3.63) is 71.9 Å². The third kappa shape index (κ3) is 4.04. The van der Waals surface area contributed by atoms with Crippen LogP contribution in [0.1, 0.15) is 32.2 Å². The molecule has 0 bridgehead atoms. The fourth-order valence-electron chi connectivity index (χ4n) is 3.79. The topological polar surface area (TPSA) is 83.2 Å². The maximum atomic E-state index is 14.2. The van der Waals surface area contributed by atoms with E-state index in [1.54, 1.807) is 52.8 Å². The molecule has 0 N–H and O–H groups in total. The van der Waals surface area contributed by atoms with E-state index >= 15 is 0 Å². The molecule has 9 heteroatoms. The molecule has 0 amide bonds. The highest BCUT2D eigenvalue weighted by Crippen LogP contribution is 2.37. The van der Waals surface area contributed by atoms with Crippen LogP contribution in [0.5, 0.6) is 0 Å². The molecule has 33 heavy (non-hydrogen) atoms. The van der Waals surface area contributed by atoms with Gasteiger partial charge in [0.25, 0.3) is 10.0 Å². The van der Waals surface area contributed by atoms with Crippen molar-refractivity contribution in [2.45, 2.75) is 45.1 Å². The summed E-state index contributed by atoms with van der Waals surface area (Å²) in [6.07, 6.45) is 0.809. The first-order valence-electron chi connectivity index (χ1n) is 10.3. The molecule has 2 aromatic carbocycles. The number of hydrogen-bond acceptors (Lipinski definition) is 5. The van der Waals surface area contributed by atoms with Crippen LogP contribution >= 0.6 is 0 Å². The van der Waals surface area contributed by atoms with Gasteiger partial charge in [-0.15, -0.1) is 0 Å². The highest BCUT2D eigenvalue weighted by molar-refractivity contribution is 7.90. The van der Waals surface area contributed by atoms with Crippen molar-refractivity contribution in [1.82, 2.24) is 13.8 Å². The second-order valence-electron chi connectivity index (χ2n) is 8.76. The zero-order valence-corrected chi connectivity index (χ0v) is 19.8. The summed E-state index contributed by atoms with van der Waals surface area (Å²) in [4.78, 5) is 12.7. The van der Waals surface area contributed by atoms with Crippen LogP contribution in [0.4, 0.5) is 9.18 Å². The Balaban J connectivity index is 1.95. The Morgan fingerprint density at radius 1 is 1.06 bits per heavy atom. The molecule has 0 atom stereocenters. The van der Waals surface area contributed by atoms with Crippen molar-refractivity contribution in [2.24, 2.45) is 0 Å². The Morgan fingerprint density at radius 3 is 2.36 bits per heavy atom. The molecule has 0 saturated carbocycles. The van der Waals surface area contributed by atoms with Gasteiger partial charge >= 0.3 is 6.09 Å². The van der Waals surface area contributed by atoms with E-state index in [-0.39, 0.29) is 10.4 Å². The Kier molecular flexibility index (Phi) is 5.40. The largest absolute Gasteiger partial charge is 0.442 e. The monoisotopic (exact) mass is 469 g/mol. The van der Waals surface area contributed by atoms with Crippen molar-refractivity contribution in [3.8, 4) is 11.1 Å². The second kappa shape index (κ2) is 7.84. The van der Waals surface area contributed by atoms with Crippen LogP contribution in [-0.4, -0.2) is 33.9 Å². The van der Waals surface area contributed by atoms with E-state index in [0.29, 0.717) is 27.9 Å². The van der Waals surface area contributed by atoms with Crippen LogP contribution in [0.2, 0.25) is 0 Å². The summed E-state index contributed by atoms with van der Waals surface area (Å²) in [5.74, 6) is -0.561. The number of fused-ring (bicyclic) bond motifs is 1. The van der Waals surface area contributed by atoms with Crippen molar-refractivity contribution in [3.63, 3.8) is 0 Å². The van der Waals surface area contributed by atoms with E-state index in [1.165, 1.54) is 36.5 Å². The fourth-order valence-corrected chi connectivity index (χ4v) is 5.17. The molecule has 0 radical (unpaired) electrons. The van der Waals surface area contributed by atoms with Crippen molar-refractivity contribution >= 4 is 27.0 Å². The summed E-state index contributed by atoms with van der Waals surface area (Å²) in [6, 6.07) is 11.9. The first-order valence-corrected chi connectivity index (χ1v) is 11.8. The first-order chi connectivity index (χ1) is 15.4. The molecule has 2 aromatic heterocycles. The zero-order chi connectivity index (χ0) is 24.1. The Morgan fingerprint density at radius 2 is 1.73 bits per heavy atom. The van der Waals surface area contributed by atoms with Gasteiger partial charge in [0.15, 0.2) is 0 Å². The lowest BCUT2D eigenvalue weighted by atomic mass is 10.0. The third-order valence-electron chi connectivity index (χ3n) is 5.16. The minimum absolute atomic E-state index is 0.0793. The molecule has 7 nitrogen and oxygen atoms in total. The fraction of sp³-hybridized carbons (Fsp3) is 0.250. The van der Waals surface area contributed by atoms with Crippen LogP contribution in [0.15, 0.2) is 59.6 Å². The average Bonchev–Trinajstić information content (AvgIpc) is 3.24. The molecule has 0 aliphatic heterocycles. The summed E-state index contributed by atoms with van der Waals surface area (Å²) in [7, 11) is -4.00. The van der Waals surface area contributed by atoms with Gasteiger partial charge in [0.1, 0.15) is 11.4 Å². The number of carbonyl (C=O) groups is 1. The molecular formula is C24H24FN3O4S. The van der Waals surface area contributed by atoms with E-state index in [4.69, 9.17) is 4.74 Å². The minimum Gasteiger partial charge on any atom is -0.442 e. The van der Waals surface area contributed by atoms with Gasteiger partial charge in [0, 0.05) is 22.7 Å². The van der Waals surface area contributed by atoms with E-state index in [0.717, 1.165) is 8.65 Å². The molecular weight excluding hydrogens is 445 g/mol. The van der Waals surface area contributed by atoms with Gasteiger partial charge in [-0.2, -0.15) is 9.78 Å². The standard InChI is InChI=1S/C24H24FN3O4S/c1-15-22(16(2)28(26-15)23(29)32-24(3,4)5)20-14-27(21-13-17(25)11-12-19(20)21)33(30,31)18-9-7-6-8-10-18/h6-14H,1-5H3. The Bertz CT molecular complexity index is 1480. The van der Waals surface area contributed by atoms with Gasteiger partial charge in [0.05, 0.1) is 21.8 Å². The normalized spacial score (nSPS) is 12.3. The number of carbonyl (C=O) groups excluding carboxylic acids is 1. The summed E-state index contributed by atoms with van der Waals surface area (Å²) in [6.45, 7) is 8.70. The van der Waals surface area contributed by atoms with E-state index in [9.17, 15) is 17.6 Å². The van der Waals surface area contributed by atoms with Crippen LogP contribution in [0.25, 0.3) is 22.0 Å². The molecule has 4 aromatic rings. The van der Waals surface area contributed by atoms with Crippen molar-refractivity contribution in [1.29, 1.82) is 0 Å². The highest BCUT2D eigenvalue weighted by atomic mass is 32.2. The number of halogens is 1. The predicted octanol–water partition coefficient (Wildman–Crippen LogP) is 5.28. The van der Waals surface area contributed by atoms with Gasteiger partial charge in [0.2, 0.25) is 0 Å². The van der Waals surface area contributed by atoms with Gasteiger partial charge in [-0.05, 0) is 65.0 Å². The zero-order valence-electron chi connectivity index (χ0n) is 19.0. The average molecular weight is 470 g/mol. The molecule has 4 rings (SSSR count). The maximum absolute atomic E-state index is 14.2. The molecule has 172 valence electrons. The summed E-state index contributed by atoms with van der Waals surface area (Å²) in [5, 5.41) is 4.85. The molecule has 0 unspecified atom stereocenters. The third-order valence-corrected chi connectivity index (χ3v) is 6.85. The number of ether oxygens (including phenoxy) is 1. The number of rotatable bonds is 3. The number of hydrogen-bond donors (Lipinski definition) is 0. The van der Waals surface area contributed by atoms with Crippen molar-refractivity contribution < 1.29 is 22.3 Å². The second-order valence-corrected chi connectivity index (χ2v) is 10.6. The van der Waals surface area contributed by atoms with E-state index in [2.05, 4.69) is 5.10 Å². The minimum atomic E-state index is -4.00. The Labute approximate surface area is 191 Å². The van der Waals surface area contributed by atoms with Crippen LogP contribution < -0.4 is 0 Å². The predicted molar refractivity (Wildman–Crippen MR) is 123 cm³/mol. The van der Waals surface area contributed by atoms with Gasteiger partial charge in [-0.3, -0.25) is 0 Å². The number of aryl methyl sites for hydroxylation is 1. The van der Waals surface area contributed by atoms with Crippen LogP contribution in [-0.2, 0) is 14.8 Å². The van der Waals surface area contributed by atoms with E-state index in [1.807, 2.05) is 0 Å². The van der Waals surface area contributed by atoms with Gasteiger partial charge in [-0.25, -0.2) is 21.6 Å². The summed E-state index contributed by atoms with van der Waals surface area (Å²) < 4.78 is 48.6. The number of aromatic nitrogens is 3. The van der Waals surface area contributed by atoms with Crippen molar-refractivity contribution in [2.75, 3.05) is 0 Å². The number of nitrogens with zero attached hydrogens (tertiary/aromatic N) is 3. The summed E-state index contributed by atoms with van der Waals surface area (Å²) >= 11 is 0. The quantitative estimate of drug-likeness (QED) is 0.408. The summed E-state index contributed by atoms with van der Waals surface area (Å²) in [5.41, 5.74) is 1.59. The highest BCUT2D eigenvalue weighted by Gasteiger charge is 2.27. The lowest BCUT2D eigenvalue weighted by Gasteiger charge is -2.19. The SMILES string of the molecule is Cc1nn(C(=O)OC(C)(C)C)c(C)c1-c1cn(S(=O)(=O)c2ccccc2)c2cc(F)ccc12. The lowest BCUT2D eigenvalue weighted by Crippen LogP contribution is -2.28.